The van der Waals surface area contributed by atoms with Crippen LogP contribution in [0.3, 0.4) is 0 Å². The number of aliphatic imine (C=N–C) groups is 1. The first kappa shape index (κ1) is 12.8. The zero-order chi connectivity index (χ0) is 13.9. The molecule has 98 valence electrons. The molecule has 0 fully saturated rings. The Bertz CT molecular complexity index is 799. The van der Waals surface area contributed by atoms with E-state index >= 15 is 0 Å². The van der Waals surface area contributed by atoms with E-state index in [0.29, 0.717) is 5.56 Å². The number of benzene rings is 2. The quantitative estimate of drug-likeness (QED) is 0.707. The van der Waals surface area contributed by atoms with E-state index in [4.69, 9.17) is 0 Å². The van der Waals surface area contributed by atoms with Gasteiger partial charge >= 0.3 is 0 Å². The van der Waals surface area contributed by atoms with Crippen molar-refractivity contribution in [3.63, 3.8) is 0 Å². The zero-order valence-corrected chi connectivity index (χ0v) is 12.1. The van der Waals surface area contributed by atoms with Crippen molar-refractivity contribution in [2.75, 3.05) is 0 Å². The zero-order valence-electron chi connectivity index (χ0n) is 10.5. The summed E-state index contributed by atoms with van der Waals surface area (Å²) in [4.78, 5) is 8.81. The van der Waals surface area contributed by atoms with Gasteiger partial charge in [-0.2, -0.15) is 0 Å². The summed E-state index contributed by atoms with van der Waals surface area (Å²) >= 11 is 3.47. The normalized spacial score (nSPS) is 11.2. The van der Waals surface area contributed by atoms with Gasteiger partial charge in [-0.3, -0.25) is 9.98 Å². The summed E-state index contributed by atoms with van der Waals surface area (Å²) in [6, 6.07) is 14.9. The molecule has 1 N–H and O–H groups in total. The minimum absolute atomic E-state index is 0.212. The summed E-state index contributed by atoms with van der Waals surface area (Å²) in [7, 11) is 0. The van der Waals surface area contributed by atoms with Crippen molar-refractivity contribution in [3.8, 4) is 5.75 Å². The van der Waals surface area contributed by atoms with Gasteiger partial charge in [-0.25, -0.2) is 0 Å². The molecule has 0 amide bonds. The fourth-order valence-corrected chi connectivity index (χ4v) is 2.44. The second-order valence-electron chi connectivity index (χ2n) is 4.32. The van der Waals surface area contributed by atoms with Crippen molar-refractivity contribution >= 4 is 38.7 Å². The number of pyridine rings is 1. The molecule has 4 heteroatoms. The Morgan fingerprint density at radius 1 is 1.10 bits per heavy atom. The number of hydrogen-bond acceptors (Lipinski definition) is 3. The van der Waals surface area contributed by atoms with Gasteiger partial charge in [-0.1, -0.05) is 34.1 Å². The Morgan fingerprint density at radius 2 is 1.95 bits per heavy atom. The Morgan fingerprint density at radius 3 is 2.80 bits per heavy atom. The van der Waals surface area contributed by atoms with Gasteiger partial charge in [0.1, 0.15) is 5.75 Å². The number of halogens is 1. The summed E-state index contributed by atoms with van der Waals surface area (Å²) < 4.78 is 0.947. The van der Waals surface area contributed by atoms with E-state index in [1.54, 1.807) is 24.5 Å². The number of aromatic hydroxyl groups is 1. The van der Waals surface area contributed by atoms with E-state index in [1.807, 2.05) is 36.4 Å². The van der Waals surface area contributed by atoms with Crippen LogP contribution < -0.4 is 0 Å². The molecule has 1 heterocycles. The van der Waals surface area contributed by atoms with E-state index in [-0.39, 0.29) is 5.75 Å². The van der Waals surface area contributed by atoms with Gasteiger partial charge in [-0.05, 0) is 30.3 Å². The van der Waals surface area contributed by atoms with Gasteiger partial charge in [-0.15, -0.1) is 0 Å². The highest BCUT2D eigenvalue weighted by Gasteiger charge is 2.03. The molecule has 0 spiro atoms. The molecule has 0 aliphatic carbocycles. The predicted octanol–water partition coefficient (Wildman–Crippen LogP) is 4.45. The van der Waals surface area contributed by atoms with Crippen LogP contribution in [0.2, 0.25) is 0 Å². The number of hydrogen-bond donors (Lipinski definition) is 1. The number of rotatable bonds is 2. The molecule has 0 aliphatic rings. The van der Waals surface area contributed by atoms with Crippen LogP contribution in [0, 0.1) is 0 Å². The average molecular weight is 327 g/mol. The Hall–Kier alpha value is -2.20. The second-order valence-corrected chi connectivity index (χ2v) is 5.23. The summed E-state index contributed by atoms with van der Waals surface area (Å²) in [6.45, 7) is 0. The lowest BCUT2D eigenvalue weighted by atomic mass is 10.2. The Kier molecular flexibility index (Phi) is 3.48. The van der Waals surface area contributed by atoms with Crippen LogP contribution in [0.25, 0.3) is 10.9 Å². The fraction of sp³-hybridized carbons (Fsp3) is 0. The van der Waals surface area contributed by atoms with Crippen LogP contribution in [0.4, 0.5) is 5.69 Å². The largest absolute Gasteiger partial charge is 0.507 e. The minimum Gasteiger partial charge on any atom is -0.507 e. The Labute approximate surface area is 124 Å². The van der Waals surface area contributed by atoms with Crippen LogP contribution in [-0.4, -0.2) is 16.3 Å². The molecule has 2 aromatic carbocycles. The monoisotopic (exact) mass is 326 g/mol. The number of aromatic nitrogens is 1. The number of fused-ring (bicyclic) bond motifs is 1. The lowest BCUT2D eigenvalue weighted by Gasteiger charge is -2.02. The van der Waals surface area contributed by atoms with Crippen molar-refractivity contribution < 1.29 is 5.11 Å². The highest BCUT2D eigenvalue weighted by molar-refractivity contribution is 9.10. The average Bonchev–Trinajstić information content (AvgIpc) is 2.46. The number of phenolic OH excluding ortho intramolecular Hbond substituents is 1. The molecule has 3 aromatic rings. The molecule has 0 saturated heterocycles. The number of phenols is 1. The maximum absolute atomic E-state index is 9.74. The van der Waals surface area contributed by atoms with Crippen LogP contribution >= 0.6 is 15.9 Å². The summed E-state index contributed by atoms with van der Waals surface area (Å²) in [5, 5.41) is 10.8. The van der Waals surface area contributed by atoms with Crippen LogP contribution in [0.5, 0.6) is 5.75 Å². The van der Waals surface area contributed by atoms with Crippen molar-refractivity contribution in [2.24, 2.45) is 4.99 Å². The van der Waals surface area contributed by atoms with E-state index in [0.717, 1.165) is 21.1 Å². The van der Waals surface area contributed by atoms with Crippen molar-refractivity contribution in [2.45, 2.75) is 0 Å². The third kappa shape index (κ3) is 2.56. The van der Waals surface area contributed by atoms with E-state index in [2.05, 4.69) is 25.9 Å². The standard InChI is InChI=1S/C16H11BrN2O/c17-13-8-11-5-3-7-18-16(11)14(9-13)19-10-12-4-1-2-6-15(12)20/h1-10,20H. The highest BCUT2D eigenvalue weighted by Crippen LogP contribution is 2.29. The SMILES string of the molecule is Oc1ccccc1C=Nc1cc(Br)cc2cccnc12. The molecular weight excluding hydrogens is 316 g/mol. The van der Waals surface area contributed by atoms with Crippen LogP contribution in [0.15, 0.2) is 64.2 Å². The first-order valence-electron chi connectivity index (χ1n) is 6.10. The molecule has 0 aliphatic heterocycles. The van der Waals surface area contributed by atoms with Gasteiger partial charge in [0.2, 0.25) is 0 Å². The van der Waals surface area contributed by atoms with Crippen molar-refractivity contribution in [1.29, 1.82) is 0 Å². The van der Waals surface area contributed by atoms with Gasteiger partial charge in [0.05, 0.1) is 11.2 Å². The van der Waals surface area contributed by atoms with E-state index in [9.17, 15) is 5.11 Å². The van der Waals surface area contributed by atoms with E-state index < -0.39 is 0 Å². The Balaban J connectivity index is 2.09. The maximum atomic E-state index is 9.74. The molecule has 0 atom stereocenters. The summed E-state index contributed by atoms with van der Waals surface area (Å²) in [6.07, 6.45) is 3.39. The van der Waals surface area contributed by atoms with Crippen molar-refractivity contribution in [1.82, 2.24) is 4.98 Å². The first-order chi connectivity index (χ1) is 9.74. The van der Waals surface area contributed by atoms with E-state index in [1.165, 1.54) is 0 Å². The predicted molar refractivity (Wildman–Crippen MR) is 84.8 cm³/mol. The molecule has 0 saturated carbocycles. The van der Waals surface area contributed by atoms with Crippen LogP contribution in [-0.2, 0) is 0 Å². The summed E-state index contributed by atoms with van der Waals surface area (Å²) in [5.74, 6) is 0.212. The molecule has 0 radical (unpaired) electrons. The maximum Gasteiger partial charge on any atom is 0.124 e. The molecule has 1 aromatic heterocycles. The topological polar surface area (TPSA) is 45.5 Å². The van der Waals surface area contributed by atoms with Gasteiger partial charge in [0.25, 0.3) is 0 Å². The van der Waals surface area contributed by atoms with Crippen molar-refractivity contribution in [3.05, 3.63) is 64.8 Å². The fourth-order valence-electron chi connectivity index (χ4n) is 1.97. The minimum atomic E-state index is 0.212. The highest BCUT2D eigenvalue weighted by atomic mass is 79.9. The lowest BCUT2D eigenvalue weighted by molar-refractivity contribution is 0.474. The third-order valence-corrected chi connectivity index (χ3v) is 3.39. The van der Waals surface area contributed by atoms with Crippen LogP contribution in [0.1, 0.15) is 5.56 Å². The lowest BCUT2D eigenvalue weighted by Crippen LogP contribution is -1.83. The molecule has 3 nitrogen and oxygen atoms in total. The number of nitrogens with zero attached hydrogens (tertiary/aromatic N) is 2. The number of para-hydroxylation sites is 1. The first-order valence-corrected chi connectivity index (χ1v) is 6.90. The molecule has 0 bridgehead atoms. The third-order valence-electron chi connectivity index (χ3n) is 2.93. The molecular formula is C16H11BrN2O. The molecule has 3 rings (SSSR count). The van der Waals surface area contributed by atoms with Gasteiger partial charge in [0.15, 0.2) is 0 Å². The molecule has 20 heavy (non-hydrogen) atoms. The smallest absolute Gasteiger partial charge is 0.124 e. The molecule has 0 unspecified atom stereocenters. The summed E-state index contributed by atoms with van der Waals surface area (Å²) in [5.41, 5.74) is 2.28. The second kappa shape index (κ2) is 5.43. The van der Waals surface area contributed by atoms with Gasteiger partial charge in [0, 0.05) is 27.8 Å². The van der Waals surface area contributed by atoms with Gasteiger partial charge < -0.3 is 5.11 Å².